The van der Waals surface area contributed by atoms with Crippen LogP contribution in [0.2, 0.25) is 0 Å². The second-order valence-electron chi connectivity index (χ2n) is 6.68. The maximum atomic E-state index is 2.37. The van der Waals surface area contributed by atoms with Crippen molar-refractivity contribution in [1.82, 2.24) is 0 Å². The Bertz CT molecular complexity index is 345. The highest BCUT2D eigenvalue weighted by Gasteiger charge is 2.20. The fourth-order valence-electron chi connectivity index (χ4n) is 1.72. The van der Waals surface area contributed by atoms with Crippen LogP contribution in [0.3, 0.4) is 0 Å². The van der Waals surface area contributed by atoms with Gasteiger partial charge in [-0.25, -0.2) is 0 Å². The highest BCUT2D eigenvalue weighted by molar-refractivity contribution is 7.99. The van der Waals surface area contributed by atoms with E-state index in [0.29, 0.717) is 0 Å². The van der Waals surface area contributed by atoms with Crippen LogP contribution in [0.4, 0.5) is 0 Å². The Kier molecular flexibility index (Phi) is 4.35. The molecule has 0 saturated carbocycles. The second kappa shape index (κ2) is 5.06. The quantitative estimate of drug-likeness (QED) is 0.634. The minimum Gasteiger partial charge on any atom is -0.126 e. The molecular weight excluding hydrogens is 224 g/mol. The van der Waals surface area contributed by atoms with E-state index in [1.165, 1.54) is 16.0 Å². The lowest BCUT2D eigenvalue weighted by molar-refractivity contribution is 0.566. The summed E-state index contributed by atoms with van der Waals surface area (Å²) in [6, 6.07) is 7.08. The molecule has 0 atom stereocenters. The summed E-state index contributed by atoms with van der Waals surface area (Å²) in [5, 5.41) is 0. The molecule has 96 valence electrons. The first kappa shape index (κ1) is 14.6. The van der Waals surface area contributed by atoms with Crippen LogP contribution in [-0.2, 0) is 10.8 Å². The van der Waals surface area contributed by atoms with Gasteiger partial charge in [0.1, 0.15) is 0 Å². The topological polar surface area (TPSA) is 0 Å². The molecule has 0 N–H and O–H groups in total. The molecule has 0 fully saturated rings. The first-order chi connectivity index (χ1) is 7.64. The van der Waals surface area contributed by atoms with Gasteiger partial charge >= 0.3 is 0 Å². The summed E-state index contributed by atoms with van der Waals surface area (Å²) in [7, 11) is 0. The van der Waals surface area contributed by atoms with Crippen LogP contribution in [0.5, 0.6) is 0 Å². The predicted octanol–water partition coefficient (Wildman–Crippen LogP) is 5.39. The zero-order valence-corrected chi connectivity index (χ0v) is 13.2. The van der Waals surface area contributed by atoms with Gasteiger partial charge in [0.05, 0.1) is 0 Å². The van der Waals surface area contributed by atoms with E-state index < -0.39 is 0 Å². The van der Waals surface area contributed by atoms with Crippen LogP contribution in [0.15, 0.2) is 23.1 Å². The van der Waals surface area contributed by atoms with Gasteiger partial charge in [-0.15, -0.1) is 11.8 Å². The molecule has 0 aliphatic carbocycles. The maximum Gasteiger partial charge on any atom is 0.00777 e. The van der Waals surface area contributed by atoms with Gasteiger partial charge in [-0.05, 0) is 39.8 Å². The molecule has 0 nitrogen and oxygen atoms in total. The van der Waals surface area contributed by atoms with Gasteiger partial charge in [-0.3, -0.25) is 0 Å². The van der Waals surface area contributed by atoms with Gasteiger partial charge in [-0.1, -0.05) is 54.5 Å². The largest absolute Gasteiger partial charge is 0.126 e. The lowest BCUT2D eigenvalue weighted by Crippen LogP contribution is -2.16. The fourth-order valence-corrected chi connectivity index (χ4v) is 2.47. The van der Waals surface area contributed by atoms with Crippen molar-refractivity contribution in [2.75, 3.05) is 5.75 Å². The molecule has 0 aromatic heterocycles. The molecule has 0 unspecified atom stereocenters. The molecular formula is C16H26S. The van der Waals surface area contributed by atoms with Crippen molar-refractivity contribution in [3.05, 3.63) is 29.3 Å². The highest BCUT2D eigenvalue weighted by Crippen LogP contribution is 2.33. The number of hydrogen-bond acceptors (Lipinski definition) is 1. The van der Waals surface area contributed by atoms with Gasteiger partial charge in [0.25, 0.3) is 0 Å². The summed E-state index contributed by atoms with van der Waals surface area (Å²) in [4.78, 5) is 1.41. The molecule has 0 aliphatic heterocycles. The standard InChI is InChI=1S/C16H26S/c1-8-17-14-10-12(15(2,3)4)9-13(11-14)16(5,6)7/h9-11H,8H2,1-7H3. The van der Waals surface area contributed by atoms with Crippen LogP contribution in [0, 0.1) is 0 Å². The molecule has 1 heteroatoms. The van der Waals surface area contributed by atoms with E-state index in [0.717, 1.165) is 5.75 Å². The third-order valence-electron chi connectivity index (χ3n) is 2.95. The summed E-state index contributed by atoms with van der Waals surface area (Å²) in [6.07, 6.45) is 0. The number of hydrogen-bond donors (Lipinski definition) is 0. The van der Waals surface area contributed by atoms with E-state index in [1.807, 2.05) is 11.8 Å². The highest BCUT2D eigenvalue weighted by atomic mass is 32.2. The summed E-state index contributed by atoms with van der Waals surface area (Å²) >= 11 is 1.94. The van der Waals surface area contributed by atoms with Gasteiger partial charge in [0, 0.05) is 4.90 Å². The van der Waals surface area contributed by atoms with Crippen molar-refractivity contribution in [2.45, 2.75) is 64.2 Å². The first-order valence-corrected chi connectivity index (χ1v) is 7.42. The molecule has 0 bridgehead atoms. The van der Waals surface area contributed by atoms with E-state index in [4.69, 9.17) is 0 Å². The molecule has 1 aromatic carbocycles. The van der Waals surface area contributed by atoms with Crippen molar-refractivity contribution < 1.29 is 0 Å². The minimum absolute atomic E-state index is 0.226. The Hall–Kier alpha value is -0.430. The van der Waals surface area contributed by atoms with Crippen LogP contribution in [0.1, 0.15) is 59.6 Å². The van der Waals surface area contributed by atoms with E-state index in [1.54, 1.807) is 0 Å². The van der Waals surface area contributed by atoms with Gasteiger partial charge in [0.15, 0.2) is 0 Å². The molecule has 0 radical (unpaired) electrons. The molecule has 0 amide bonds. The lowest BCUT2D eigenvalue weighted by atomic mass is 9.81. The van der Waals surface area contributed by atoms with Gasteiger partial charge in [-0.2, -0.15) is 0 Å². The Balaban J connectivity index is 3.29. The molecule has 1 rings (SSSR count). The third-order valence-corrected chi connectivity index (χ3v) is 3.81. The third kappa shape index (κ3) is 4.06. The lowest BCUT2D eigenvalue weighted by Gasteiger charge is -2.26. The van der Waals surface area contributed by atoms with Crippen molar-refractivity contribution in [2.24, 2.45) is 0 Å². The fraction of sp³-hybridized carbons (Fsp3) is 0.625. The van der Waals surface area contributed by atoms with Crippen LogP contribution in [-0.4, -0.2) is 5.75 Å². The van der Waals surface area contributed by atoms with Gasteiger partial charge in [0.2, 0.25) is 0 Å². The number of rotatable bonds is 2. The first-order valence-electron chi connectivity index (χ1n) is 6.43. The molecule has 0 spiro atoms. The molecule has 0 heterocycles. The normalized spacial score (nSPS) is 12.9. The van der Waals surface area contributed by atoms with Crippen LogP contribution < -0.4 is 0 Å². The van der Waals surface area contributed by atoms with Crippen LogP contribution in [0.25, 0.3) is 0 Å². The number of thioether (sulfide) groups is 1. The molecule has 17 heavy (non-hydrogen) atoms. The van der Waals surface area contributed by atoms with Gasteiger partial charge < -0.3 is 0 Å². The summed E-state index contributed by atoms with van der Waals surface area (Å²) < 4.78 is 0. The summed E-state index contributed by atoms with van der Waals surface area (Å²) in [5.41, 5.74) is 3.34. The SMILES string of the molecule is CCSc1cc(C(C)(C)C)cc(C(C)(C)C)c1. The molecule has 1 aromatic rings. The monoisotopic (exact) mass is 250 g/mol. The molecule has 0 saturated heterocycles. The smallest absolute Gasteiger partial charge is 0.00777 e. The minimum atomic E-state index is 0.226. The summed E-state index contributed by atoms with van der Waals surface area (Å²) in [6.45, 7) is 15.9. The average Bonchev–Trinajstić information content (AvgIpc) is 2.15. The van der Waals surface area contributed by atoms with Crippen LogP contribution >= 0.6 is 11.8 Å². The summed E-state index contributed by atoms with van der Waals surface area (Å²) in [5.74, 6) is 1.14. The van der Waals surface area contributed by atoms with E-state index >= 15 is 0 Å². The van der Waals surface area contributed by atoms with E-state index in [2.05, 4.69) is 66.7 Å². The van der Waals surface area contributed by atoms with E-state index in [-0.39, 0.29) is 10.8 Å². The Labute approximate surface area is 111 Å². The Morgan fingerprint density at radius 2 is 1.24 bits per heavy atom. The van der Waals surface area contributed by atoms with Crippen molar-refractivity contribution in [3.8, 4) is 0 Å². The second-order valence-corrected chi connectivity index (χ2v) is 8.02. The van der Waals surface area contributed by atoms with Crippen molar-refractivity contribution in [1.29, 1.82) is 0 Å². The maximum absolute atomic E-state index is 2.37. The Morgan fingerprint density at radius 3 is 1.53 bits per heavy atom. The predicted molar refractivity (Wildman–Crippen MR) is 80.2 cm³/mol. The zero-order chi connectivity index (χ0) is 13.3. The molecule has 0 aliphatic rings. The van der Waals surface area contributed by atoms with Crippen molar-refractivity contribution in [3.63, 3.8) is 0 Å². The average molecular weight is 250 g/mol. The van der Waals surface area contributed by atoms with Crippen molar-refractivity contribution >= 4 is 11.8 Å². The zero-order valence-electron chi connectivity index (χ0n) is 12.3. The van der Waals surface area contributed by atoms with E-state index in [9.17, 15) is 0 Å². The number of benzene rings is 1. The Morgan fingerprint density at radius 1 is 0.824 bits per heavy atom.